The van der Waals surface area contributed by atoms with Crippen molar-refractivity contribution in [2.75, 3.05) is 5.32 Å². The van der Waals surface area contributed by atoms with Crippen molar-refractivity contribution in [3.8, 4) is 0 Å². The molecule has 0 radical (unpaired) electrons. The fourth-order valence-electron chi connectivity index (χ4n) is 6.87. The van der Waals surface area contributed by atoms with E-state index in [2.05, 4.69) is 15.2 Å². The zero-order chi connectivity index (χ0) is 25.2. The summed E-state index contributed by atoms with van der Waals surface area (Å²) in [7, 11) is 0. The molecule has 9 nitrogen and oxygen atoms in total. The van der Waals surface area contributed by atoms with E-state index in [9.17, 15) is 19.5 Å². The van der Waals surface area contributed by atoms with Gasteiger partial charge in [0.25, 0.3) is 5.56 Å². The lowest BCUT2D eigenvalue weighted by Crippen LogP contribution is -2.50. The molecule has 9 heteroatoms. The van der Waals surface area contributed by atoms with E-state index in [4.69, 9.17) is 5.11 Å². The summed E-state index contributed by atoms with van der Waals surface area (Å²) < 4.78 is 1.80. The smallest absolute Gasteiger partial charge is 0.326 e. The molecule has 36 heavy (non-hydrogen) atoms. The molecular weight excluding hydrogens is 460 g/mol. The molecule has 0 amide bonds. The highest BCUT2D eigenvalue weighted by molar-refractivity contribution is 5.84. The minimum absolute atomic E-state index is 0.00370. The summed E-state index contributed by atoms with van der Waals surface area (Å²) in [6.45, 7) is 0. The minimum atomic E-state index is -1.44. The standard InChI is InChI=1S/C27H36N4O5/c32-24(33)16-22(27(35)36)29-25-26(34)31(23-11-7-6-10-21(23)28-25)20-14-18-12-13-19(15-20)30(18)17-8-4-2-1-3-5-9-17/h6-7,10-11,17-20,22H,1-5,8-9,12-16H2,(H,28,29)(H,32,33)(H,35,36)/t18-,19?,20+,22+/m0/s1. The van der Waals surface area contributed by atoms with Crippen LogP contribution in [0, 0.1) is 0 Å². The van der Waals surface area contributed by atoms with Gasteiger partial charge < -0.3 is 20.1 Å². The Morgan fingerprint density at radius 3 is 2.19 bits per heavy atom. The van der Waals surface area contributed by atoms with Crippen LogP contribution in [0.5, 0.6) is 0 Å². The maximum atomic E-state index is 13.7. The first kappa shape index (κ1) is 24.7. The SMILES string of the molecule is O=C(O)C[C@@H](Nc1nc2ccccc2n([C@H]2CC3CC[C@@H](C2)N3C2CCCCCCC2)c1=O)C(=O)O. The molecule has 3 fully saturated rings. The fourth-order valence-corrected chi connectivity index (χ4v) is 6.87. The normalized spacial score (nSPS) is 26.3. The molecular formula is C27H36N4O5. The number of fused-ring (bicyclic) bond motifs is 3. The van der Waals surface area contributed by atoms with Crippen LogP contribution in [0.15, 0.2) is 29.1 Å². The van der Waals surface area contributed by atoms with E-state index in [0.717, 1.165) is 31.2 Å². The number of para-hydroxylation sites is 2. The molecule has 1 unspecified atom stereocenters. The Bertz CT molecular complexity index is 1160. The van der Waals surface area contributed by atoms with Gasteiger partial charge in [-0.3, -0.25) is 14.5 Å². The van der Waals surface area contributed by atoms with Crippen molar-refractivity contribution in [3.63, 3.8) is 0 Å². The van der Waals surface area contributed by atoms with E-state index >= 15 is 0 Å². The molecule has 0 spiro atoms. The van der Waals surface area contributed by atoms with Crippen LogP contribution in [0.2, 0.25) is 0 Å². The average molecular weight is 497 g/mol. The van der Waals surface area contributed by atoms with Gasteiger partial charge in [0.15, 0.2) is 5.82 Å². The Kier molecular flexibility index (Phi) is 7.27. The van der Waals surface area contributed by atoms with Gasteiger partial charge in [0, 0.05) is 24.2 Å². The zero-order valence-corrected chi connectivity index (χ0v) is 20.6. The van der Waals surface area contributed by atoms with E-state index in [1.54, 1.807) is 4.57 Å². The molecule has 2 saturated heterocycles. The lowest BCUT2D eigenvalue weighted by molar-refractivity contribution is -0.144. The van der Waals surface area contributed by atoms with Gasteiger partial charge in [0.1, 0.15) is 6.04 Å². The van der Waals surface area contributed by atoms with Gasteiger partial charge in [0.2, 0.25) is 0 Å². The quantitative estimate of drug-likeness (QED) is 0.525. The van der Waals surface area contributed by atoms with Gasteiger partial charge in [-0.1, -0.05) is 44.2 Å². The Hall–Kier alpha value is -2.94. The van der Waals surface area contributed by atoms with Crippen LogP contribution in [0.1, 0.15) is 83.1 Å². The van der Waals surface area contributed by atoms with Crippen molar-refractivity contribution < 1.29 is 19.8 Å². The number of aromatic nitrogens is 2. The second kappa shape index (κ2) is 10.6. The first-order chi connectivity index (χ1) is 17.4. The average Bonchev–Trinajstić information content (AvgIpc) is 3.07. The topological polar surface area (TPSA) is 125 Å². The Morgan fingerprint density at radius 2 is 1.56 bits per heavy atom. The van der Waals surface area contributed by atoms with Gasteiger partial charge >= 0.3 is 11.9 Å². The number of anilines is 1. The van der Waals surface area contributed by atoms with Gasteiger partial charge in [-0.15, -0.1) is 0 Å². The van der Waals surface area contributed by atoms with Gasteiger partial charge in [-0.25, -0.2) is 9.78 Å². The molecule has 2 bridgehead atoms. The second-order valence-electron chi connectivity index (χ2n) is 10.7. The van der Waals surface area contributed by atoms with Crippen LogP contribution < -0.4 is 10.9 Å². The van der Waals surface area contributed by atoms with Crippen LogP contribution in [0.25, 0.3) is 11.0 Å². The monoisotopic (exact) mass is 496 g/mol. The number of rotatable bonds is 7. The predicted molar refractivity (Wildman–Crippen MR) is 136 cm³/mol. The number of carboxylic acid groups (broad SMARTS) is 2. The molecule has 3 N–H and O–H groups in total. The zero-order valence-electron chi connectivity index (χ0n) is 20.6. The number of carboxylic acids is 2. The highest BCUT2D eigenvalue weighted by Gasteiger charge is 2.44. The van der Waals surface area contributed by atoms with Crippen LogP contribution in [-0.4, -0.2) is 60.8 Å². The number of nitrogens with zero attached hydrogens (tertiary/aromatic N) is 3. The van der Waals surface area contributed by atoms with Crippen molar-refractivity contribution in [3.05, 3.63) is 34.6 Å². The van der Waals surface area contributed by atoms with Crippen molar-refractivity contribution >= 4 is 28.8 Å². The third kappa shape index (κ3) is 4.98. The summed E-state index contributed by atoms with van der Waals surface area (Å²) in [5.41, 5.74) is 0.949. The molecule has 5 rings (SSSR count). The Labute approximate surface area is 210 Å². The predicted octanol–water partition coefficient (Wildman–Crippen LogP) is 4.02. The molecule has 3 heterocycles. The molecule has 1 aliphatic carbocycles. The number of benzene rings is 1. The van der Waals surface area contributed by atoms with E-state index in [-0.39, 0.29) is 17.4 Å². The van der Waals surface area contributed by atoms with Crippen molar-refractivity contribution in [2.45, 2.75) is 107 Å². The minimum Gasteiger partial charge on any atom is -0.481 e. The molecule has 4 atom stereocenters. The van der Waals surface area contributed by atoms with Crippen LogP contribution >= 0.6 is 0 Å². The van der Waals surface area contributed by atoms with Gasteiger partial charge in [-0.05, 0) is 50.7 Å². The molecule has 1 aromatic heterocycles. The van der Waals surface area contributed by atoms with Crippen LogP contribution in [0.3, 0.4) is 0 Å². The number of hydrogen-bond acceptors (Lipinski definition) is 6. The Balaban J connectivity index is 1.46. The molecule has 1 aromatic carbocycles. The number of carbonyl (C=O) groups is 2. The number of aliphatic carboxylic acids is 2. The first-order valence-corrected chi connectivity index (χ1v) is 13.4. The summed E-state index contributed by atoms with van der Waals surface area (Å²) in [6.07, 6.45) is 12.6. The lowest BCUT2D eigenvalue weighted by atomic mass is 9.89. The molecule has 2 aromatic rings. The van der Waals surface area contributed by atoms with Gasteiger partial charge in [0.05, 0.1) is 17.5 Å². The molecule has 3 aliphatic rings. The summed E-state index contributed by atoms with van der Waals surface area (Å²) in [5.74, 6) is -2.69. The van der Waals surface area contributed by atoms with Gasteiger partial charge in [-0.2, -0.15) is 0 Å². The summed E-state index contributed by atoms with van der Waals surface area (Å²) in [4.78, 5) is 43.7. The maximum Gasteiger partial charge on any atom is 0.326 e. The van der Waals surface area contributed by atoms with Crippen molar-refractivity contribution in [1.82, 2.24) is 14.5 Å². The van der Waals surface area contributed by atoms with E-state index in [0.29, 0.717) is 23.6 Å². The number of piperidine rings is 1. The fraction of sp³-hybridized carbons (Fsp3) is 0.630. The van der Waals surface area contributed by atoms with E-state index in [1.807, 2.05) is 24.3 Å². The first-order valence-electron chi connectivity index (χ1n) is 13.4. The third-order valence-electron chi connectivity index (χ3n) is 8.41. The lowest BCUT2D eigenvalue weighted by Gasteiger charge is -2.45. The van der Waals surface area contributed by atoms with E-state index < -0.39 is 24.4 Å². The van der Waals surface area contributed by atoms with Crippen molar-refractivity contribution in [2.24, 2.45) is 0 Å². The highest BCUT2D eigenvalue weighted by atomic mass is 16.4. The van der Waals surface area contributed by atoms with Crippen molar-refractivity contribution in [1.29, 1.82) is 0 Å². The Morgan fingerprint density at radius 1 is 0.917 bits per heavy atom. The molecule has 2 aliphatic heterocycles. The summed E-state index contributed by atoms with van der Waals surface area (Å²) in [5, 5.41) is 21.3. The third-order valence-corrected chi connectivity index (χ3v) is 8.41. The summed E-state index contributed by atoms with van der Waals surface area (Å²) in [6, 6.07) is 7.52. The highest BCUT2D eigenvalue weighted by Crippen LogP contribution is 2.44. The van der Waals surface area contributed by atoms with E-state index in [1.165, 1.54) is 44.9 Å². The summed E-state index contributed by atoms with van der Waals surface area (Å²) >= 11 is 0. The molecule has 194 valence electrons. The second-order valence-corrected chi connectivity index (χ2v) is 10.7. The molecule has 1 saturated carbocycles. The van der Waals surface area contributed by atoms with Crippen LogP contribution in [-0.2, 0) is 9.59 Å². The maximum absolute atomic E-state index is 13.7. The largest absolute Gasteiger partial charge is 0.481 e. The number of hydrogen-bond donors (Lipinski definition) is 3. The van der Waals surface area contributed by atoms with Crippen LogP contribution in [0.4, 0.5) is 5.82 Å². The number of nitrogens with one attached hydrogen (secondary N) is 1.